The first-order valence-corrected chi connectivity index (χ1v) is 6.04. The first-order chi connectivity index (χ1) is 8.08. The molecule has 2 aromatic carbocycles. The zero-order valence-corrected chi connectivity index (χ0v) is 10.8. The zero-order valence-electron chi connectivity index (χ0n) is 10.1. The average Bonchev–Trinajstić information content (AvgIpc) is 2.32. The smallest absolute Gasteiger partial charge is 0.0552 e. The summed E-state index contributed by atoms with van der Waals surface area (Å²) in [6, 6.07) is 14.1. The molecule has 0 saturated heterocycles. The van der Waals surface area contributed by atoms with E-state index in [2.05, 4.69) is 19.1 Å². The minimum atomic E-state index is -0.118. The molecule has 2 N–H and O–H groups in total. The molecule has 0 spiro atoms. The molecule has 1 atom stereocenters. The Hall–Kier alpha value is -1.31. The van der Waals surface area contributed by atoms with Gasteiger partial charge in [0, 0.05) is 5.02 Å². The van der Waals surface area contributed by atoms with Crippen LogP contribution < -0.4 is 5.73 Å². The van der Waals surface area contributed by atoms with Crippen molar-refractivity contribution in [2.45, 2.75) is 19.9 Å². The van der Waals surface area contributed by atoms with Crippen molar-refractivity contribution in [1.29, 1.82) is 0 Å². The van der Waals surface area contributed by atoms with E-state index in [0.29, 0.717) is 0 Å². The molecule has 2 rings (SSSR count). The highest BCUT2D eigenvalue weighted by atomic mass is 35.5. The Balaban J connectivity index is 2.36. The summed E-state index contributed by atoms with van der Waals surface area (Å²) in [4.78, 5) is 0. The maximum atomic E-state index is 6.25. The fraction of sp³-hybridized carbons (Fsp3) is 0.200. The minimum absolute atomic E-state index is 0.118. The Morgan fingerprint density at radius 3 is 2.35 bits per heavy atom. The van der Waals surface area contributed by atoms with Gasteiger partial charge in [0.25, 0.3) is 0 Å². The summed E-state index contributed by atoms with van der Waals surface area (Å²) in [6.07, 6.45) is 0. The maximum absolute atomic E-state index is 6.25. The number of nitrogens with two attached hydrogens (primary N) is 1. The number of aryl methyl sites for hydroxylation is 2. The molecule has 0 aliphatic carbocycles. The third-order valence-electron chi connectivity index (χ3n) is 2.96. The fourth-order valence-corrected chi connectivity index (χ4v) is 2.05. The Labute approximate surface area is 107 Å². The van der Waals surface area contributed by atoms with Gasteiger partial charge in [0.1, 0.15) is 0 Å². The second kappa shape index (κ2) is 4.91. The number of benzene rings is 2. The van der Waals surface area contributed by atoms with Crippen LogP contribution in [0.15, 0.2) is 42.5 Å². The molecule has 0 fully saturated rings. The summed E-state index contributed by atoms with van der Waals surface area (Å²) < 4.78 is 0. The van der Waals surface area contributed by atoms with Crippen LogP contribution in [0.2, 0.25) is 5.02 Å². The molecule has 0 radical (unpaired) electrons. The maximum Gasteiger partial charge on any atom is 0.0552 e. The van der Waals surface area contributed by atoms with E-state index < -0.39 is 0 Å². The van der Waals surface area contributed by atoms with Crippen LogP contribution in [-0.4, -0.2) is 0 Å². The lowest BCUT2D eigenvalue weighted by Crippen LogP contribution is -2.11. The number of halogens is 1. The molecule has 0 aliphatic rings. The Morgan fingerprint density at radius 2 is 1.71 bits per heavy atom. The lowest BCUT2D eigenvalue weighted by molar-refractivity contribution is 0.869. The van der Waals surface area contributed by atoms with E-state index in [4.69, 9.17) is 17.3 Å². The molecule has 88 valence electrons. The second-order valence-electron chi connectivity index (χ2n) is 4.40. The number of hydrogen-bond acceptors (Lipinski definition) is 1. The lowest BCUT2D eigenvalue weighted by atomic mass is 9.97. The fourth-order valence-electron chi connectivity index (χ4n) is 1.86. The van der Waals surface area contributed by atoms with Crippen molar-refractivity contribution in [3.05, 3.63) is 69.7 Å². The van der Waals surface area contributed by atoms with Gasteiger partial charge in [0.15, 0.2) is 0 Å². The van der Waals surface area contributed by atoms with E-state index in [1.54, 1.807) is 0 Å². The van der Waals surface area contributed by atoms with Crippen molar-refractivity contribution >= 4 is 11.6 Å². The molecule has 0 amide bonds. The lowest BCUT2D eigenvalue weighted by Gasteiger charge is -2.14. The van der Waals surface area contributed by atoms with Crippen LogP contribution in [0, 0.1) is 13.8 Å². The predicted octanol–water partition coefficient (Wildman–Crippen LogP) is 4.00. The third-order valence-corrected chi connectivity index (χ3v) is 3.36. The molecule has 0 saturated carbocycles. The standard InChI is InChI=1S/C15H16ClN/c1-10-4-3-5-12(8-10)15(17)13-7-6-11(2)14(16)9-13/h3-9,15H,17H2,1-2H3. The van der Waals surface area contributed by atoms with E-state index in [1.165, 1.54) is 5.56 Å². The van der Waals surface area contributed by atoms with Gasteiger partial charge >= 0.3 is 0 Å². The molecule has 2 heteroatoms. The van der Waals surface area contributed by atoms with Crippen LogP contribution in [0.3, 0.4) is 0 Å². The molecule has 1 unspecified atom stereocenters. The van der Waals surface area contributed by atoms with Crippen molar-refractivity contribution in [2.24, 2.45) is 5.73 Å². The molecule has 0 bridgehead atoms. The second-order valence-corrected chi connectivity index (χ2v) is 4.81. The van der Waals surface area contributed by atoms with Gasteiger partial charge < -0.3 is 5.73 Å². The van der Waals surface area contributed by atoms with E-state index in [0.717, 1.165) is 21.7 Å². The number of rotatable bonds is 2. The Morgan fingerprint density at radius 1 is 1.00 bits per heavy atom. The molecule has 17 heavy (non-hydrogen) atoms. The molecule has 1 nitrogen and oxygen atoms in total. The van der Waals surface area contributed by atoms with Crippen molar-refractivity contribution in [3.63, 3.8) is 0 Å². The molecule has 0 heterocycles. The Bertz CT molecular complexity index is 534. The zero-order chi connectivity index (χ0) is 12.4. The van der Waals surface area contributed by atoms with Gasteiger partial charge in [0.2, 0.25) is 0 Å². The Kier molecular flexibility index (Phi) is 3.51. The normalized spacial score (nSPS) is 12.5. The average molecular weight is 246 g/mol. The van der Waals surface area contributed by atoms with Gasteiger partial charge in [-0.1, -0.05) is 53.6 Å². The summed E-state index contributed by atoms with van der Waals surface area (Å²) in [5, 5.41) is 0.769. The van der Waals surface area contributed by atoms with Gasteiger partial charge in [0.05, 0.1) is 6.04 Å². The number of hydrogen-bond donors (Lipinski definition) is 1. The van der Waals surface area contributed by atoms with E-state index in [9.17, 15) is 0 Å². The molecular weight excluding hydrogens is 230 g/mol. The summed E-state index contributed by atoms with van der Waals surface area (Å²) in [6.45, 7) is 4.06. The summed E-state index contributed by atoms with van der Waals surface area (Å²) in [5.74, 6) is 0. The van der Waals surface area contributed by atoms with Crippen molar-refractivity contribution in [3.8, 4) is 0 Å². The highest BCUT2D eigenvalue weighted by Crippen LogP contribution is 2.24. The van der Waals surface area contributed by atoms with Crippen molar-refractivity contribution < 1.29 is 0 Å². The van der Waals surface area contributed by atoms with E-state index in [-0.39, 0.29) is 6.04 Å². The van der Waals surface area contributed by atoms with Crippen LogP contribution in [0.4, 0.5) is 0 Å². The van der Waals surface area contributed by atoms with Crippen LogP contribution in [0.5, 0.6) is 0 Å². The third kappa shape index (κ3) is 2.68. The van der Waals surface area contributed by atoms with Crippen LogP contribution >= 0.6 is 11.6 Å². The van der Waals surface area contributed by atoms with Gasteiger partial charge in [-0.05, 0) is 36.6 Å². The quantitative estimate of drug-likeness (QED) is 0.850. The highest BCUT2D eigenvalue weighted by Gasteiger charge is 2.09. The van der Waals surface area contributed by atoms with Gasteiger partial charge in [-0.2, -0.15) is 0 Å². The van der Waals surface area contributed by atoms with Gasteiger partial charge in [-0.15, -0.1) is 0 Å². The summed E-state index contributed by atoms with van der Waals surface area (Å²) in [7, 11) is 0. The van der Waals surface area contributed by atoms with Crippen molar-refractivity contribution in [1.82, 2.24) is 0 Å². The topological polar surface area (TPSA) is 26.0 Å². The van der Waals surface area contributed by atoms with Crippen molar-refractivity contribution in [2.75, 3.05) is 0 Å². The van der Waals surface area contributed by atoms with Crippen LogP contribution in [0.1, 0.15) is 28.3 Å². The highest BCUT2D eigenvalue weighted by molar-refractivity contribution is 6.31. The first kappa shape index (κ1) is 12.2. The molecular formula is C15H16ClN. The van der Waals surface area contributed by atoms with E-state index >= 15 is 0 Å². The predicted molar refractivity (Wildman–Crippen MR) is 73.4 cm³/mol. The van der Waals surface area contributed by atoms with Crippen LogP contribution in [0.25, 0.3) is 0 Å². The molecule has 0 aliphatic heterocycles. The van der Waals surface area contributed by atoms with Crippen LogP contribution in [-0.2, 0) is 0 Å². The van der Waals surface area contributed by atoms with E-state index in [1.807, 2.05) is 37.3 Å². The van der Waals surface area contributed by atoms with Gasteiger partial charge in [-0.3, -0.25) is 0 Å². The first-order valence-electron chi connectivity index (χ1n) is 5.66. The summed E-state index contributed by atoms with van der Waals surface area (Å²) >= 11 is 6.12. The summed E-state index contributed by atoms with van der Waals surface area (Å²) in [5.41, 5.74) is 10.7. The van der Waals surface area contributed by atoms with Gasteiger partial charge in [-0.25, -0.2) is 0 Å². The molecule has 2 aromatic rings. The molecule has 0 aromatic heterocycles. The minimum Gasteiger partial charge on any atom is -0.320 e. The largest absolute Gasteiger partial charge is 0.320 e. The SMILES string of the molecule is Cc1cccc(C(N)c2ccc(C)c(Cl)c2)c1. The monoisotopic (exact) mass is 245 g/mol.